The second kappa shape index (κ2) is 6.42. The van der Waals surface area contributed by atoms with Gasteiger partial charge in [-0.1, -0.05) is 0 Å². The number of nitrogens with zero attached hydrogens (tertiary/aromatic N) is 1. The summed E-state index contributed by atoms with van der Waals surface area (Å²) in [6.07, 6.45) is -0.706. The van der Waals surface area contributed by atoms with E-state index in [9.17, 15) is 32.3 Å². The molecule has 5 nitrogen and oxygen atoms in total. The molecule has 1 heterocycles. The number of phenols is 1. The number of carbonyl (C=O) groups is 2. The minimum atomic E-state index is -1.42. The Balaban J connectivity index is 2.35. The van der Waals surface area contributed by atoms with Crippen molar-refractivity contribution < 1.29 is 37.4 Å². The van der Waals surface area contributed by atoms with E-state index in [1.807, 2.05) is 0 Å². The lowest BCUT2D eigenvalue weighted by Crippen LogP contribution is -2.14. The van der Waals surface area contributed by atoms with Crippen LogP contribution in [0.3, 0.4) is 0 Å². The number of carboxylic acids is 1. The molecule has 0 amide bonds. The number of halogens is 4. The van der Waals surface area contributed by atoms with Crippen LogP contribution in [0, 0.1) is 30.2 Å². The number of hydrogen-bond acceptors (Lipinski definition) is 3. The summed E-state index contributed by atoms with van der Waals surface area (Å²) in [5, 5.41) is 18.1. The predicted octanol–water partition coefficient (Wildman–Crippen LogP) is 3.53. The van der Waals surface area contributed by atoms with Gasteiger partial charge in [-0.25, -0.2) is 17.6 Å². The van der Waals surface area contributed by atoms with Crippen molar-refractivity contribution >= 4 is 22.8 Å². The zero-order chi connectivity index (χ0) is 20.0. The zero-order valence-electron chi connectivity index (χ0n) is 13.7. The van der Waals surface area contributed by atoms with Crippen molar-refractivity contribution in [2.45, 2.75) is 13.3 Å². The summed E-state index contributed by atoms with van der Waals surface area (Å²) in [4.78, 5) is 23.9. The Hall–Kier alpha value is -3.36. The molecule has 0 atom stereocenters. The third-order valence-corrected chi connectivity index (χ3v) is 4.19. The molecule has 2 N–H and O–H groups in total. The van der Waals surface area contributed by atoms with E-state index in [2.05, 4.69) is 0 Å². The molecular weight excluding hydrogens is 370 g/mol. The van der Waals surface area contributed by atoms with Gasteiger partial charge in [-0.15, -0.1) is 0 Å². The van der Waals surface area contributed by atoms with Gasteiger partial charge in [0.2, 0.25) is 0 Å². The molecule has 0 radical (unpaired) electrons. The first kappa shape index (κ1) is 18.4. The summed E-state index contributed by atoms with van der Waals surface area (Å²) in [6, 6.07) is 2.99. The number of hydrogen-bond donors (Lipinski definition) is 2. The molecule has 0 spiro atoms. The topological polar surface area (TPSA) is 79.5 Å². The zero-order valence-corrected chi connectivity index (χ0v) is 13.7. The van der Waals surface area contributed by atoms with Gasteiger partial charge in [-0.2, -0.15) is 0 Å². The molecule has 0 saturated heterocycles. The Morgan fingerprint density at radius 1 is 1.04 bits per heavy atom. The highest BCUT2D eigenvalue weighted by molar-refractivity contribution is 6.05. The van der Waals surface area contributed by atoms with Crippen LogP contribution in [0.5, 0.6) is 5.75 Å². The Bertz CT molecular complexity index is 1120. The highest BCUT2D eigenvalue weighted by Gasteiger charge is 2.27. The summed E-state index contributed by atoms with van der Waals surface area (Å²) >= 11 is 0. The summed E-state index contributed by atoms with van der Waals surface area (Å²) in [5.74, 6) is -8.87. The van der Waals surface area contributed by atoms with Gasteiger partial charge in [0.25, 0.3) is 5.91 Å². The predicted molar refractivity (Wildman–Crippen MR) is 85.7 cm³/mol. The Labute approximate surface area is 149 Å². The van der Waals surface area contributed by atoms with Crippen LogP contribution in [0.15, 0.2) is 24.3 Å². The number of aliphatic carboxylic acids is 1. The Morgan fingerprint density at radius 2 is 1.70 bits per heavy atom. The fraction of sp³-hybridized carbons (Fsp3) is 0.111. The summed E-state index contributed by atoms with van der Waals surface area (Å²) in [7, 11) is 0. The van der Waals surface area contributed by atoms with E-state index in [0.29, 0.717) is 12.1 Å². The van der Waals surface area contributed by atoms with Crippen LogP contribution < -0.4 is 0 Å². The van der Waals surface area contributed by atoms with E-state index in [-0.39, 0.29) is 22.3 Å². The van der Waals surface area contributed by atoms with Gasteiger partial charge in [0.1, 0.15) is 0 Å². The Kier molecular flexibility index (Phi) is 4.38. The van der Waals surface area contributed by atoms with Crippen molar-refractivity contribution in [1.82, 2.24) is 4.57 Å². The van der Waals surface area contributed by atoms with Gasteiger partial charge in [0, 0.05) is 22.7 Å². The van der Waals surface area contributed by atoms with Gasteiger partial charge < -0.3 is 10.2 Å². The van der Waals surface area contributed by atoms with E-state index in [1.54, 1.807) is 0 Å². The number of phenolic OH excluding ortho intramolecular Hbond substituents is 1. The standard InChI is InChI=1S/C18H11F4NO4/c1-7-9(5-14(24)25)15-13(6-12(21)17(26)16(15)22)23(7)18(27)8-2-3-10(19)11(20)4-8/h2-4,6,26H,5H2,1H3,(H,24,25). The van der Waals surface area contributed by atoms with Crippen molar-refractivity contribution in [2.75, 3.05) is 0 Å². The van der Waals surface area contributed by atoms with Crippen LogP contribution >= 0.6 is 0 Å². The van der Waals surface area contributed by atoms with E-state index in [4.69, 9.17) is 5.11 Å². The van der Waals surface area contributed by atoms with E-state index < -0.39 is 52.7 Å². The van der Waals surface area contributed by atoms with Crippen molar-refractivity contribution in [3.05, 3.63) is 64.4 Å². The highest BCUT2D eigenvalue weighted by Crippen LogP contribution is 2.35. The fourth-order valence-electron chi connectivity index (χ4n) is 2.94. The van der Waals surface area contributed by atoms with Gasteiger partial charge in [0.15, 0.2) is 29.0 Å². The molecule has 2 aromatic carbocycles. The van der Waals surface area contributed by atoms with Crippen LogP contribution in [0.1, 0.15) is 21.6 Å². The van der Waals surface area contributed by atoms with E-state index >= 15 is 0 Å². The maximum absolute atomic E-state index is 14.4. The van der Waals surface area contributed by atoms with Gasteiger partial charge in [-0.05, 0) is 30.7 Å². The largest absolute Gasteiger partial charge is 0.503 e. The molecule has 3 aromatic rings. The molecule has 0 saturated carbocycles. The number of carbonyl (C=O) groups excluding carboxylic acids is 1. The maximum atomic E-state index is 14.4. The number of aromatic nitrogens is 1. The van der Waals surface area contributed by atoms with Crippen molar-refractivity contribution in [1.29, 1.82) is 0 Å². The summed E-state index contributed by atoms with van der Waals surface area (Å²) in [6.45, 7) is 1.30. The van der Waals surface area contributed by atoms with Crippen LogP contribution in [-0.2, 0) is 11.2 Å². The lowest BCUT2D eigenvalue weighted by molar-refractivity contribution is -0.136. The first-order valence-electron chi connectivity index (χ1n) is 7.55. The fourth-order valence-corrected chi connectivity index (χ4v) is 2.94. The first-order chi connectivity index (χ1) is 12.6. The lowest BCUT2D eigenvalue weighted by atomic mass is 10.1. The molecule has 140 valence electrons. The van der Waals surface area contributed by atoms with E-state index in [1.165, 1.54) is 6.92 Å². The third kappa shape index (κ3) is 2.90. The molecule has 0 aliphatic carbocycles. The summed E-state index contributed by atoms with van der Waals surface area (Å²) < 4.78 is 55.6. The molecule has 27 heavy (non-hydrogen) atoms. The molecule has 0 aliphatic heterocycles. The smallest absolute Gasteiger partial charge is 0.307 e. The molecule has 3 rings (SSSR count). The molecule has 9 heteroatoms. The summed E-state index contributed by atoms with van der Waals surface area (Å²) in [5.41, 5.74) is -0.844. The molecule has 0 fully saturated rings. The monoisotopic (exact) mass is 381 g/mol. The highest BCUT2D eigenvalue weighted by atomic mass is 19.2. The van der Waals surface area contributed by atoms with E-state index in [0.717, 1.165) is 16.7 Å². The number of fused-ring (bicyclic) bond motifs is 1. The molecular formula is C18H11F4NO4. The lowest BCUT2D eigenvalue weighted by Gasteiger charge is -2.08. The second-order valence-electron chi connectivity index (χ2n) is 5.82. The minimum Gasteiger partial charge on any atom is -0.503 e. The normalized spacial score (nSPS) is 11.1. The number of rotatable bonds is 3. The second-order valence-corrected chi connectivity index (χ2v) is 5.82. The van der Waals surface area contributed by atoms with Crippen molar-refractivity contribution in [3.8, 4) is 5.75 Å². The molecule has 1 aromatic heterocycles. The SMILES string of the molecule is Cc1c(CC(=O)O)c2c(F)c(O)c(F)cc2n1C(=O)c1ccc(F)c(F)c1. The quantitative estimate of drug-likeness (QED) is 0.681. The average Bonchev–Trinajstić information content (AvgIpc) is 2.86. The van der Waals surface area contributed by atoms with Crippen molar-refractivity contribution in [3.63, 3.8) is 0 Å². The molecule has 0 unspecified atom stereocenters. The van der Waals surface area contributed by atoms with Gasteiger partial charge in [0.05, 0.1) is 11.9 Å². The maximum Gasteiger partial charge on any atom is 0.307 e. The number of aromatic hydroxyl groups is 1. The van der Waals surface area contributed by atoms with Crippen LogP contribution in [-0.4, -0.2) is 26.7 Å². The average molecular weight is 381 g/mol. The third-order valence-electron chi connectivity index (χ3n) is 4.19. The van der Waals surface area contributed by atoms with Crippen LogP contribution in [0.4, 0.5) is 17.6 Å². The molecule has 0 aliphatic rings. The van der Waals surface area contributed by atoms with Gasteiger partial charge in [-0.3, -0.25) is 14.2 Å². The Morgan fingerprint density at radius 3 is 2.30 bits per heavy atom. The number of carboxylic acid groups (broad SMARTS) is 1. The number of benzene rings is 2. The minimum absolute atomic E-state index is 0.0361. The van der Waals surface area contributed by atoms with Gasteiger partial charge >= 0.3 is 5.97 Å². The van der Waals surface area contributed by atoms with Crippen molar-refractivity contribution in [2.24, 2.45) is 0 Å². The van der Waals surface area contributed by atoms with Crippen LogP contribution in [0.25, 0.3) is 10.9 Å². The van der Waals surface area contributed by atoms with Crippen LogP contribution in [0.2, 0.25) is 0 Å². The first-order valence-corrected chi connectivity index (χ1v) is 7.55. The molecule has 0 bridgehead atoms.